The van der Waals surface area contributed by atoms with E-state index in [9.17, 15) is 9.90 Å². The number of carbonyl (C=O) groups is 1. The Bertz CT molecular complexity index is 464. The number of nitrogens with one attached hydrogen (secondary N) is 1. The number of nitrogens with zero attached hydrogens (tertiary/aromatic N) is 2. The molecule has 2 N–H and O–H groups in total. The van der Waals surface area contributed by atoms with E-state index in [1.165, 1.54) is 0 Å². The maximum Gasteiger partial charge on any atom is 0.254 e. The highest BCUT2D eigenvalue weighted by Gasteiger charge is 2.22. The van der Waals surface area contributed by atoms with Gasteiger partial charge in [0, 0.05) is 24.7 Å². The van der Waals surface area contributed by atoms with Crippen molar-refractivity contribution in [3.8, 4) is 0 Å². The Morgan fingerprint density at radius 2 is 2.05 bits per heavy atom. The van der Waals surface area contributed by atoms with E-state index < -0.39 is 0 Å². The molecule has 1 aromatic rings. The summed E-state index contributed by atoms with van der Waals surface area (Å²) in [6.45, 7) is 6.99. The molecule has 6 heteroatoms. The van der Waals surface area contributed by atoms with E-state index in [0.29, 0.717) is 24.5 Å². The van der Waals surface area contributed by atoms with E-state index in [0.717, 1.165) is 12.8 Å². The van der Waals surface area contributed by atoms with Crippen LogP contribution in [0, 0.1) is 0 Å². The van der Waals surface area contributed by atoms with E-state index in [2.05, 4.69) is 10.3 Å². The van der Waals surface area contributed by atoms with E-state index in [4.69, 9.17) is 11.6 Å². The van der Waals surface area contributed by atoms with Gasteiger partial charge in [0.2, 0.25) is 0 Å². The first-order valence-corrected chi connectivity index (χ1v) is 7.78. The molecule has 5 nitrogen and oxygen atoms in total. The molecule has 0 spiro atoms. The monoisotopic (exact) mass is 313 g/mol. The Hall–Kier alpha value is -1.33. The number of amides is 1. The van der Waals surface area contributed by atoms with Crippen LogP contribution in [0.2, 0.25) is 5.15 Å². The van der Waals surface area contributed by atoms with E-state index in [-0.39, 0.29) is 23.7 Å². The number of aliphatic hydroxyl groups is 1. The fourth-order valence-electron chi connectivity index (χ4n) is 2.34. The van der Waals surface area contributed by atoms with Crippen LogP contribution in [0.15, 0.2) is 12.1 Å². The molecule has 0 aliphatic carbocycles. The number of halogens is 1. The third-order valence-corrected chi connectivity index (χ3v) is 3.58. The number of hydrogen-bond acceptors (Lipinski definition) is 4. The molecule has 0 aromatic carbocycles. The van der Waals surface area contributed by atoms with Gasteiger partial charge in [-0.2, -0.15) is 0 Å². The summed E-state index contributed by atoms with van der Waals surface area (Å²) in [5.41, 5.74) is 0.492. The van der Waals surface area contributed by atoms with Crippen molar-refractivity contribution in [3.63, 3.8) is 0 Å². The third kappa shape index (κ3) is 4.86. The molecule has 1 amide bonds. The van der Waals surface area contributed by atoms with Gasteiger partial charge in [-0.3, -0.25) is 4.79 Å². The highest BCUT2D eigenvalue weighted by Crippen LogP contribution is 2.19. The number of rotatable bonds is 8. The molecule has 0 aliphatic heterocycles. The smallest absolute Gasteiger partial charge is 0.254 e. The number of aliphatic hydroxyl groups excluding tert-OH is 1. The summed E-state index contributed by atoms with van der Waals surface area (Å²) in [4.78, 5) is 18.5. The molecule has 21 heavy (non-hydrogen) atoms. The topological polar surface area (TPSA) is 65.5 Å². The normalized spacial score (nSPS) is 10.8. The predicted octanol–water partition coefficient (Wildman–Crippen LogP) is 2.79. The summed E-state index contributed by atoms with van der Waals surface area (Å²) in [6, 6.07) is 3.38. The average Bonchev–Trinajstić information content (AvgIpc) is 2.46. The molecule has 0 saturated heterocycles. The average molecular weight is 314 g/mol. The quantitative estimate of drug-likeness (QED) is 0.724. The lowest BCUT2D eigenvalue weighted by Gasteiger charge is -2.30. The van der Waals surface area contributed by atoms with Gasteiger partial charge < -0.3 is 15.3 Å². The van der Waals surface area contributed by atoms with Gasteiger partial charge in [-0.25, -0.2) is 4.98 Å². The van der Waals surface area contributed by atoms with Crippen LogP contribution in [0.25, 0.3) is 0 Å². The second-order valence-electron chi connectivity index (χ2n) is 4.79. The molecule has 0 saturated carbocycles. The maximum atomic E-state index is 12.7. The maximum absolute atomic E-state index is 12.7. The zero-order valence-corrected chi connectivity index (χ0v) is 13.7. The Balaban J connectivity index is 3.07. The molecule has 118 valence electrons. The minimum Gasteiger partial charge on any atom is -0.395 e. The van der Waals surface area contributed by atoms with E-state index in [1.54, 1.807) is 17.0 Å². The molecule has 1 heterocycles. The molecule has 0 radical (unpaired) electrons. The highest BCUT2D eigenvalue weighted by molar-refractivity contribution is 6.29. The zero-order chi connectivity index (χ0) is 15.8. The molecule has 1 rings (SSSR count). The Kier molecular flexibility index (Phi) is 7.47. The summed E-state index contributed by atoms with van der Waals surface area (Å²) < 4.78 is 0. The molecule has 0 aliphatic rings. The minimum atomic E-state index is -0.124. The second-order valence-corrected chi connectivity index (χ2v) is 5.17. The molecular formula is C15H24ClN3O2. The lowest BCUT2D eigenvalue weighted by atomic mass is 10.1. The van der Waals surface area contributed by atoms with Crippen LogP contribution in [0.4, 0.5) is 5.82 Å². The van der Waals surface area contributed by atoms with Crippen LogP contribution in [0.1, 0.15) is 44.0 Å². The summed E-state index contributed by atoms with van der Waals surface area (Å²) in [5, 5.41) is 12.6. The van der Waals surface area contributed by atoms with Crippen molar-refractivity contribution in [2.45, 2.75) is 39.7 Å². The van der Waals surface area contributed by atoms with Crippen LogP contribution in [0.3, 0.4) is 0 Å². The van der Waals surface area contributed by atoms with E-state index in [1.807, 2.05) is 20.8 Å². The standard InChI is InChI=1S/C15H24ClN3O2/c1-4-12(5-2)19(7-8-20)15(21)11-9-13(16)18-14(10-11)17-6-3/h9-10,12,20H,4-8H2,1-3H3,(H,17,18). The summed E-state index contributed by atoms with van der Waals surface area (Å²) >= 11 is 5.99. The first kappa shape index (κ1) is 17.7. The summed E-state index contributed by atoms with van der Waals surface area (Å²) in [6.07, 6.45) is 1.70. The van der Waals surface area contributed by atoms with Gasteiger partial charge in [0.15, 0.2) is 0 Å². The van der Waals surface area contributed by atoms with Crippen LogP contribution < -0.4 is 5.32 Å². The van der Waals surface area contributed by atoms with Gasteiger partial charge in [0.1, 0.15) is 11.0 Å². The first-order valence-electron chi connectivity index (χ1n) is 7.40. The number of hydrogen-bond donors (Lipinski definition) is 2. The van der Waals surface area contributed by atoms with Crippen LogP contribution in [-0.4, -0.2) is 46.6 Å². The van der Waals surface area contributed by atoms with Crippen molar-refractivity contribution in [1.82, 2.24) is 9.88 Å². The number of pyridine rings is 1. The molecule has 0 unspecified atom stereocenters. The molecule has 1 aromatic heterocycles. The van der Waals surface area contributed by atoms with Crippen LogP contribution >= 0.6 is 11.6 Å². The highest BCUT2D eigenvalue weighted by atomic mass is 35.5. The SMILES string of the molecule is CCNc1cc(C(=O)N(CCO)C(CC)CC)cc(Cl)n1. The van der Waals surface area contributed by atoms with Crippen LogP contribution in [0.5, 0.6) is 0 Å². The summed E-state index contributed by atoms with van der Waals surface area (Å²) in [7, 11) is 0. The lowest BCUT2D eigenvalue weighted by Crippen LogP contribution is -2.41. The first-order chi connectivity index (χ1) is 10.1. The van der Waals surface area contributed by atoms with Gasteiger partial charge in [-0.05, 0) is 31.9 Å². The Labute approximate surface area is 131 Å². The van der Waals surface area contributed by atoms with Crippen molar-refractivity contribution in [3.05, 3.63) is 22.8 Å². The predicted molar refractivity (Wildman–Crippen MR) is 85.9 cm³/mol. The largest absolute Gasteiger partial charge is 0.395 e. The Morgan fingerprint density at radius 3 is 2.57 bits per heavy atom. The van der Waals surface area contributed by atoms with Gasteiger partial charge in [-0.1, -0.05) is 25.4 Å². The van der Waals surface area contributed by atoms with Gasteiger partial charge in [0.25, 0.3) is 5.91 Å². The van der Waals surface area contributed by atoms with Crippen molar-refractivity contribution in [2.24, 2.45) is 0 Å². The van der Waals surface area contributed by atoms with Gasteiger partial charge >= 0.3 is 0 Å². The minimum absolute atomic E-state index is 0.0544. The second kappa shape index (κ2) is 8.85. The van der Waals surface area contributed by atoms with Crippen molar-refractivity contribution in [2.75, 3.05) is 25.0 Å². The fraction of sp³-hybridized carbons (Fsp3) is 0.600. The molecule has 0 fully saturated rings. The number of aromatic nitrogens is 1. The summed E-state index contributed by atoms with van der Waals surface area (Å²) in [5.74, 6) is 0.461. The number of carbonyl (C=O) groups excluding carboxylic acids is 1. The van der Waals surface area contributed by atoms with E-state index >= 15 is 0 Å². The third-order valence-electron chi connectivity index (χ3n) is 3.38. The molecular weight excluding hydrogens is 290 g/mol. The molecule has 0 bridgehead atoms. The van der Waals surface area contributed by atoms with Crippen molar-refractivity contribution in [1.29, 1.82) is 0 Å². The fourth-order valence-corrected chi connectivity index (χ4v) is 2.55. The van der Waals surface area contributed by atoms with Gasteiger partial charge in [-0.15, -0.1) is 0 Å². The van der Waals surface area contributed by atoms with Crippen LogP contribution in [-0.2, 0) is 0 Å². The van der Waals surface area contributed by atoms with Crippen molar-refractivity contribution < 1.29 is 9.90 Å². The van der Waals surface area contributed by atoms with Gasteiger partial charge in [0.05, 0.1) is 6.61 Å². The Morgan fingerprint density at radius 1 is 1.38 bits per heavy atom. The lowest BCUT2D eigenvalue weighted by molar-refractivity contribution is 0.0622. The zero-order valence-electron chi connectivity index (χ0n) is 12.9. The number of anilines is 1. The molecule has 0 atom stereocenters. The van der Waals surface area contributed by atoms with Crippen molar-refractivity contribution >= 4 is 23.3 Å².